The van der Waals surface area contributed by atoms with E-state index in [-0.39, 0.29) is 13.2 Å². The molecule has 0 N–H and O–H groups in total. The predicted molar refractivity (Wildman–Crippen MR) is 97.2 cm³/mol. The molecule has 0 aromatic carbocycles. The highest BCUT2D eigenvalue weighted by Gasteiger charge is 2.24. The number of rotatable bonds is 12. The van der Waals surface area contributed by atoms with E-state index in [0.29, 0.717) is 12.8 Å². The molecule has 0 radical (unpaired) electrons. The van der Waals surface area contributed by atoms with E-state index >= 15 is 0 Å². The largest absolute Gasteiger partial charge is 0.461 e. The highest BCUT2D eigenvalue weighted by molar-refractivity contribution is 9.10. The van der Waals surface area contributed by atoms with Crippen LogP contribution in [-0.4, -0.2) is 46.9 Å². The van der Waals surface area contributed by atoms with Gasteiger partial charge in [0.15, 0.2) is 6.10 Å². The van der Waals surface area contributed by atoms with Crippen molar-refractivity contribution in [3.63, 3.8) is 0 Å². The molecule has 0 aliphatic heterocycles. The first-order valence-corrected chi connectivity index (χ1v) is 9.63. The zero-order valence-electron chi connectivity index (χ0n) is 14.0. The summed E-state index contributed by atoms with van der Waals surface area (Å²) < 4.78 is 15.3. The molecule has 8 heteroatoms. The van der Waals surface area contributed by atoms with Crippen LogP contribution in [0.3, 0.4) is 0 Å². The van der Waals surface area contributed by atoms with Crippen molar-refractivity contribution >= 4 is 49.8 Å². The molecule has 0 fully saturated rings. The number of alkyl halides is 2. The first-order valence-electron chi connectivity index (χ1n) is 7.80. The minimum Gasteiger partial charge on any atom is -0.461 e. The summed E-state index contributed by atoms with van der Waals surface area (Å²) in [6, 6.07) is 0. The molecule has 0 heterocycles. The van der Waals surface area contributed by atoms with Gasteiger partial charge in [-0.25, -0.2) is 4.79 Å². The molecule has 6 nitrogen and oxygen atoms in total. The molecular formula is C16H24Br2O6. The maximum Gasteiger partial charge on any atom is 0.330 e. The van der Waals surface area contributed by atoms with Gasteiger partial charge in [0.2, 0.25) is 0 Å². The Labute approximate surface area is 159 Å². The third kappa shape index (κ3) is 10.1. The molecule has 0 saturated carbocycles. The number of carbonyl (C=O) groups is 3. The molecule has 0 aliphatic rings. The van der Waals surface area contributed by atoms with Crippen molar-refractivity contribution < 1.29 is 28.6 Å². The van der Waals surface area contributed by atoms with E-state index in [9.17, 15) is 14.4 Å². The molecule has 0 aromatic heterocycles. The maximum absolute atomic E-state index is 12.0. The summed E-state index contributed by atoms with van der Waals surface area (Å²) in [5.41, 5.74) is 0. The minimum absolute atomic E-state index is 0.188. The van der Waals surface area contributed by atoms with Gasteiger partial charge in [-0.3, -0.25) is 9.59 Å². The van der Waals surface area contributed by atoms with Gasteiger partial charge in [0, 0.05) is 6.08 Å². The topological polar surface area (TPSA) is 78.9 Å². The second-order valence-corrected chi connectivity index (χ2v) is 7.25. The van der Waals surface area contributed by atoms with Crippen LogP contribution in [0.1, 0.15) is 39.5 Å². The van der Waals surface area contributed by atoms with Crippen molar-refractivity contribution in [1.29, 1.82) is 0 Å². The molecule has 0 saturated heterocycles. The Bertz CT molecular complexity index is 427. The number of esters is 3. The number of hydrogen-bond donors (Lipinski definition) is 0. The van der Waals surface area contributed by atoms with Crippen LogP contribution in [0.2, 0.25) is 0 Å². The Morgan fingerprint density at radius 2 is 1.46 bits per heavy atom. The SMILES string of the molecule is C=CC(=O)OCC(COC(=O)C(Br)CCC)OC(=O)C(Br)CCC. The van der Waals surface area contributed by atoms with Gasteiger partial charge >= 0.3 is 17.9 Å². The Morgan fingerprint density at radius 1 is 0.958 bits per heavy atom. The highest BCUT2D eigenvalue weighted by Crippen LogP contribution is 2.13. The fourth-order valence-electron chi connectivity index (χ4n) is 1.60. The third-order valence-electron chi connectivity index (χ3n) is 2.87. The Morgan fingerprint density at radius 3 is 1.96 bits per heavy atom. The van der Waals surface area contributed by atoms with Gasteiger partial charge in [-0.2, -0.15) is 0 Å². The van der Waals surface area contributed by atoms with Crippen LogP contribution < -0.4 is 0 Å². The highest BCUT2D eigenvalue weighted by atomic mass is 79.9. The zero-order chi connectivity index (χ0) is 18.5. The van der Waals surface area contributed by atoms with Crippen LogP contribution in [-0.2, 0) is 28.6 Å². The second-order valence-electron chi connectivity index (χ2n) is 5.04. The van der Waals surface area contributed by atoms with E-state index in [1.807, 2.05) is 13.8 Å². The van der Waals surface area contributed by atoms with Crippen LogP contribution >= 0.6 is 31.9 Å². The van der Waals surface area contributed by atoms with Gasteiger partial charge in [-0.1, -0.05) is 65.1 Å². The molecule has 0 aliphatic carbocycles. The first kappa shape index (κ1) is 23.1. The average Bonchev–Trinajstić information content (AvgIpc) is 2.56. The average molecular weight is 472 g/mol. The molecule has 0 aromatic rings. The summed E-state index contributed by atoms with van der Waals surface area (Å²) in [4.78, 5) is 34.1. The Balaban J connectivity index is 4.62. The molecule has 0 amide bonds. The number of ether oxygens (including phenoxy) is 3. The van der Waals surface area contributed by atoms with Crippen LogP contribution in [0.5, 0.6) is 0 Å². The van der Waals surface area contributed by atoms with Crippen molar-refractivity contribution in [1.82, 2.24) is 0 Å². The summed E-state index contributed by atoms with van der Waals surface area (Å²) in [7, 11) is 0. The number of hydrogen-bond acceptors (Lipinski definition) is 6. The minimum atomic E-state index is -0.872. The summed E-state index contributed by atoms with van der Waals surface area (Å²) >= 11 is 6.47. The number of carbonyl (C=O) groups excluding carboxylic acids is 3. The van der Waals surface area contributed by atoms with E-state index in [4.69, 9.17) is 14.2 Å². The summed E-state index contributed by atoms with van der Waals surface area (Å²) in [5.74, 6) is -1.58. The van der Waals surface area contributed by atoms with E-state index in [1.54, 1.807) is 0 Å². The van der Waals surface area contributed by atoms with Gasteiger partial charge in [0.05, 0.1) is 0 Å². The quantitative estimate of drug-likeness (QED) is 0.188. The molecule has 138 valence electrons. The monoisotopic (exact) mass is 470 g/mol. The lowest BCUT2D eigenvalue weighted by Crippen LogP contribution is -2.34. The molecule has 3 atom stereocenters. The standard InChI is InChI=1S/C16H24Br2O6/c1-4-7-12(17)15(20)23-10-11(9-22-14(19)6-3)24-16(21)13(18)8-5-2/h6,11-13H,3-5,7-10H2,1-2H3. The van der Waals surface area contributed by atoms with Crippen LogP contribution in [0, 0.1) is 0 Å². The first-order chi connectivity index (χ1) is 11.3. The number of halogens is 2. The van der Waals surface area contributed by atoms with Gasteiger partial charge < -0.3 is 14.2 Å². The second kappa shape index (κ2) is 13.4. The van der Waals surface area contributed by atoms with Crippen molar-refractivity contribution in [2.75, 3.05) is 13.2 Å². The van der Waals surface area contributed by atoms with Crippen molar-refractivity contribution in [3.8, 4) is 0 Å². The van der Waals surface area contributed by atoms with Gasteiger partial charge in [0.1, 0.15) is 22.9 Å². The third-order valence-corrected chi connectivity index (χ3v) is 4.53. The van der Waals surface area contributed by atoms with E-state index < -0.39 is 33.7 Å². The Kier molecular flexibility index (Phi) is 12.9. The normalized spacial score (nSPS) is 14.2. The molecule has 0 bridgehead atoms. The molecule has 24 heavy (non-hydrogen) atoms. The lowest BCUT2D eigenvalue weighted by Gasteiger charge is -2.20. The zero-order valence-corrected chi connectivity index (χ0v) is 17.1. The summed E-state index contributed by atoms with van der Waals surface area (Å²) in [6.07, 6.45) is 3.00. The van der Waals surface area contributed by atoms with Crippen molar-refractivity contribution in [3.05, 3.63) is 12.7 Å². The van der Waals surface area contributed by atoms with Crippen LogP contribution in [0.25, 0.3) is 0 Å². The molecule has 0 rings (SSSR count). The maximum atomic E-state index is 12.0. The molecule has 3 unspecified atom stereocenters. The fourth-order valence-corrected chi connectivity index (χ4v) is 2.75. The molecule has 0 spiro atoms. The smallest absolute Gasteiger partial charge is 0.330 e. The molecular weight excluding hydrogens is 448 g/mol. The van der Waals surface area contributed by atoms with Crippen molar-refractivity contribution in [2.45, 2.75) is 55.3 Å². The van der Waals surface area contributed by atoms with Crippen molar-refractivity contribution in [2.24, 2.45) is 0 Å². The van der Waals surface area contributed by atoms with Crippen LogP contribution in [0.4, 0.5) is 0 Å². The fraction of sp³-hybridized carbons (Fsp3) is 0.688. The van der Waals surface area contributed by atoms with Gasteiger partial charge in [-0.05, 0) is 12.8 Å². The summed E-state index contributed by atoms with van der Waals surface area (Å²) in [6.45, 7) is 6.78. The van der Waals surface area contributed by atoms with E-state index in [0.717, 1.165) is 18.9 Å². The van der Waals surface area contributed by atoms with E-state index in [1.165, 1.54) is 0 Å². The van der Waals surface area contributed by atoms with E-state index in [2.05, 4.69) is 38.4 Å². The van der Waals surface area contributed by atoms with Gasteiger partial charge in [0.25, 0.3) is 0 Å². The summed E-state index contributed by atoms with van der Waals surface area (Å²) in [5, 5.41) is 0. The Hall–Kier alpha value is -0.890. The lowest BCUT2D eigenvalue weighted by molar-refractivity contribution is -0.164. The van der Waals surface area contributed by atoms with Crippen LogP contribution in [0.15, 0.2) is 12.7 Å². The lowest BCUT2D eigenvalue weighted by atomic mass is 10.2. The predicted octanol–water partition coefficient (Wildman–Crippen LogP) is 3.30. The van der Waals surface area contributed by atoms with Gasteiger partial charge in [-0.15, -0.1) is 0 Å².